The molecule has 0 aromatic heterocycles. The van der Waals surface area contributed by atoms with Crippen molar-refractivity contribution in [3.63, 3.8) is 0 Å². The Bertz CT molecular complexity index is 588. The highest BCUT2D eigenvalue weighted by atomic mass is 32.2. The molecule has 4 heterocycles. The van der Waals surface area contributed by atoms with Crippen molar-refractivity contribution in [2.24, 2.45) is 16.5 Å². The Kier molecular flexibility index (Phi) is 4.01. The van der Waals surface area contributed by atoms with Crippen molar-refractivity contribution in [1.29, 1.82) is 0 Å². The number of hydrogen-bond donors (Lipinski definition) is 1. The molecule has 7 nitrogen and oxygen atoms in total. The van der Waals surface area contributed by atoms with Gasteiger partial charge in [0, 0.05) is 25.6 Å². The molecule has 130 valence electrons. The molecule has 3 unspecified atom stereocenters. The summed E-state index contributed by atoms with van der Waals surface area (Å²) in [4.78, 5) is 7.84. The molecular weight excluding hydrogens is 318 g/mol. The molecule has 0 aliphatic carbocycles. The number of likely N-dealkylation sites (tertiary alicyclic amines) is 1. The number of nitrogens with zero attached hydrogens (tertiary/aromatic N) is 2. The number of piperidine rings is 1. The van der Waals surface area contributed by atoms with Gasteiger partial charge in [-0.15, -0.1) is 0 Å². The molecule has 3 saturated heterocycles. The number of rotatable bonds is 3. The first-order chi connectivity index (χ1) is 11.1. The van der Waals surface area contributed by atoms with Crippen LogP contribution in [0.1, 0.15) is 19.3 Å². The summed E-state index contributed by atoms with van der Waals surface area (Å²) >= 11 is 0. The fourth-order valence-corrected chi connectivity index (χ4v) is 6.80. The molecule has 0 saturated carbocycles. The Morgan fingerprint density at radius 3 is 2.96 bits per heavy atom. The highest BCUT2D eigenvalue weighted by molar-refractivity contribution is 7.91. The van der Waals surface area contributed by atoms with Gasteiger partial charge >= 0.3 is 0 Å². The third-order valence-electron chi connectivity index (χ3n) is 5.57. The molecular formula is C15H25N3O4S. The summed E-state index contributed by atoms with van der Waals surface area (Å²) in [6.07, 6.45) is 3.73. The SMILES string of the molecule is O=S1(=O)CC2CNCC2(C2=NOCC(CN3CCCCC3)O2)C1. The number of hydrogen-bond acceptors (Lipinski definition) is 7. The highest BCUT2D eigenvalue weighted by Gasteiger charge is 2.58. The average molecular weight is 343 g/mol. The van der Waals surface area contributed by atoms with E-state index >= 15 is 0 Å². The van der Waals surface area contributed by atoms with E-state index in [1.165, 1.54) is 19.3 Å². The van der Waals surface area contributed by atoms with E-state index < -0.39 is 15.3 Å². The molecule has 0 aromatic rings. The van der Waals surface area contributed by atoms with Gasteiger partial charge in [0.15, 0.2) is 16.4 Å². The summed E-state index contributed by atoms with van der Waals surface area (Å²) in [5.74, 6) is 0.889. The maximum atomic E-state index is 12.1. The number of nitrogens with one attached hydrogen (secondary N) is 1. The van der Waals surface area contributed by atoms with E-state index in [4.69, 9.17) is 9.57 Å². The smallest absolute Gasteiger partial charge is 0.235 e. The molecule has 4 aliphatic rings. The first-order valence-corrected chi connectivity index (χ1v) is 10.4. The van der Waals surface area contributed by atoms with Crippen LogP contribution in [0.3, 0.4) is 0 Å². The Morgan fingerprint density at radius 1 is 1.30 bits per heavy atom. The van der Waals surface area contributed by atoms with Crippen LogP contribution < -0.4 is 5.32 Å². The summed E-state index contributed by atoms with van der Waals surface area (Å²) in [7, 11) is -3.02. The van der Waals surface area contributed by atoms with Crippen molar-refractivity contribution >= 4 is 15.7 Å². The summed E-state index contributed by atoms with van der Waals surface area (Å²) in [5, 5.41) is 7.43. The van der Waals surface area contributed by atoms with Gasteiger partial charge in [-0.05, 0) is 25.9 Å². The van der Waals surface area contributed by atoms with Crippen LogP contribution >= 0.6 is 0 Å². The second-order valence-corrected chi connectivity index (χ2v) is 9.44. The molecule has 0 aromatic carbocycles. The van der Waals surface area contributed by atoms with E-state index in [0.29, 0.717) is 25.6 Å². The molecule has 0 spiro atoms. The van der Waals surface area contributed by atoms with E-state index in [1.54, 1.807) is 0 Å². The van der Waals surface area contributed by atoms with Crippen LogP contribution in [0.4, 0.5) is 0 Å². The number of ether oxygens (including phenoxy) is 1. The van der Waals surface area contributed by atoms with E-state index in [1.807, 2.05) is 0 Å². The molecule has 1 N–H and O–H groups in total. The summed E-state index contributed by atoms with van der Waals surface area (Å²) in [6.45, 7) is 4.81. The minimum atomic E-state index is -3.02. The van der Waals surface area contributed by atoms with Gasteiger partial charge < -0.3 is 14.9 Å². The van der Waals surface area contributed by atoms with Gasteiger partial charge in [-0.1, -0.05) is 11.6 Å². The first-order valence-electron chi connectivity index (χ1n) is 8.58. The van der Waals surface area contributed by atoms with Crippen molar-refractivity contribution in [2.45, 2.75) is 25.4 Å². The van der Waals surface area contributed by atoms with E-state index in [0.717, 1.165) is 19.6 Å². The molecule has 0 radical (unpaired) electrons. The van der Waals surface area contributed by atoms with Crippen LogP contribution in [-0.4, -0.2) is 76.2 Å². The van der Waals surface area contributed by atoms with Crippen molar-refractivity contribution in [3.8, 4) is 0 Å². The van der Waals surface area contributed by atoms with Gasteiger partial charge in [-0.25, -0.2) is 8.42 Å². The van der Waals surface area contributed by atoms with Crippen molar-refractivity contribution in [2.75, 3.05) is 50.8 Å². The van der Waals surface area contributed by atoms with Crippen molar-refractivity contribution in [1.82, 2.24) is 10.2 Å². The number of oxime groups is 1. The molecule has 4 aliphatic heterocycles. The zero-order valence-electron chi connectivity index (χ0n) is 13.4. The molecule has 23 heavy (non-hydrogen) atoms. The molecule has 0 bridgehead atoms. The van der Waals surface area contributed by atoms with Crippen LogP contribution in [0.5, 0.6) is 0 Å². The third-order valence-corrected chi connectivity index (χ3v) is 7.43. The highest BCUT2D eigenvalue weighted by Crippen LogP contribution is 2.43. The second-order valence-electron chi connectivity index (χ2n) is 7.33. The second kappa shape index (κ2) is 5.89. The third kappa shape index (κ3) is 2.96. The van der Waals surface area contributed by atoms with Gasteiger partial charge in [-0.3, -0.25) is 4.90 Å². The lowest BCUT2D eigenvalue weighted by Gasteiger charge is -2.36. The summed E-state index contributed by atoms with van der Waals surface area (Å²) in [6, 6.07) is 0. The van der Waals surface area contributed by atoms with E-state index in [-0.39, 0.29) is 23.5 Å². The number of sulfone groups is 1. The van der Waals surface area contributed by atoms with Gasteiger partial charge in [0.25, 0.3) is 0 Å². The minimum absolute atomic E-state index is 0.0450. The predicted molar refractivity (Wildman–Crippen MR) is 86.0 cm³/mol. The van der Waals surface area contributed by atoms with Gasteiger partial charge in [0.1, 0.15) is 6.10 Å². The van der Waals surface area contributed by atoms with Crippen LogP contribution in [0.15, 0.2) is 5.16 Å². The van der Waals surface area contributed by atoms with Gasteiger partial charge in [0.05, 0.1) is 16.9 Å². The standard InChI is InChI=1S/C15H25N3O4S/c19-23(20)9-12-6-16-10-15(12,11-23)14-17-21-8-13(22-14)7-18-4-2-1-3-5-18/h12-13,16H,1-11H2. The van der Waals surface area contributed by atoms with Crippen LogP contribution in [0.25, 0.3) is 0 Å². The lowest BCUT2D eigenvalue weighted by molar-refractivity contribution is -0.0209. The van der Waals surface area contributed by atoms with E-state index in [9.17, 15) is 8.42 Å². The van der Waals surface area contributed by atoms with E-state index in [2.05, 4.69) is 15.4 Å². The maximum Gasteiger partial charge on any atom is 0.235 e. The average Bonchev–Trinajstić information content (AvgIpc) is 3.02. The molecule has 8 heteroatoms. The van der Waals surface area contributed by atoms with Crippen LogP contribution in [0, 0.1) is 11.3 Å². The Hall–Kier alpha value is -0.860. The quantitative estimate of drug-likeness (QED) is 0.767. The Balaban J connectivity index is 1.47. The molecule has 3 fully saturated rings. The maximum absolute atomic E-state index is 12.1. The molecule has 3 atom stereocenters. The predicted octanol–water partition coefficient (Wildman–Crippen LogP) is -0.165. The largest absolute Gasteiger partial charge is 0.470 e. The minimum Gasteiger partial charge on any atom is -0.470 e. The number of fused-ring (bicyclic) bond motifs is 1. The van der Waals surface area contributed by atoms with Crippen LogP contribution in [0.2, 0.25) is 0 Å². The van der Waals surface area contributed by atoms with Crippen molar-refractivity contribution < 1.29 is 18.0 Å². The fourth-order valence-electron chi connectivity index (χ4n) is 4.39. The topological polar surface area (TPSA) is 80.2 Å². The Labute approximate surface area is 137 Å². The monoisotopic (exact) mass is 343 g/mol. The Morgan fingerprint density at radius 2 is 2.13 bits per heavy atom. The zero-order chi connectivity index (χ0) is 15.9. The zero-order valence-corrected chi connectivity index (χ0v) is 14.2. The fraction of sp³-hybridized carbons (Fsp3) is 0.933. The molecule has 0 amide bonds. The first kappa shape index (κ1) is 15.7. The summed E-state index contributed by atoms with van der Waals surface area (Å²) < 4.78 is 30.4. The lowest BCUT2D eigenvalue weighted by Crippen LogP contribution is -2.48. The van der Waals surface area contributed by atoms with Crippen molar-refractivity contribution in [3.05, 3.63) is 0 Å². The van der Waals surface area contributed by atoms with Gasteiger partial charge in [-0.2, -0.15) is 0 Å². The lowest BCUT2D eigenvalue weighted by atomic mass is 9.80. The van der Waals surface area contributed by atoms with Crippen LogP contribution in [-0.2, 0) is 19.4 Å². The molecule has 4 rings (SSSR count). The summed E-state index contributed by atoms with van der Waals surface area (Å²) in [5.41, 5.74) is -0.528. The normalized spacial score (nSPS) is 40.1. The van der Waals surface area contributed by atoms with Gasteiger partial charge in [0.2, 0.25) is 5.90 Å².